The van der Waals surface area contributed by atoms with Gasteiger partial charge in [0.2, 0.25) is 5.95 Å². The van der Waals surface area contributed by atoms with E-state index in [1.807, 2.05) is 31.3 Å². The van der Waals surface area contributed by atoms with Gasteiger partial charge in [0.1, 0.15) is 12.4 Å². The average Bonchev–Trinajstić information content (AvgIpc) is 2.80. The lowest BCUT2D eigenvalue weighted by Gasteiger charge is -2.33. The van der Waals surface area contributed by atoms with E-state index in [2.05, 4.69) is 57.1 Å². The molecule has 1 aliphatic rings. The van der Waals surface area contributed by atoms with E-state index in [9.17, 15) is 0 Å². The van der Waals surface area contributed by atoms with E-state index in [-0.39, 0.29) is 6.10 Å². The first-order valence-electron chi connectivity index (χ1n) is 10.5. The molecule has 0 amide bonds. The molecule has 1 atom stereocenters. The van der Waals surface area contributed by atoms with Crippen molar-refractivity contribution in [3.63, 3.8) is 0 Å². The number of hydrogen-bond acceptors (Lipinski definition) is 7. The SMILES string of the molecule is C/C(=C\c1ccccc1)CN1CCO[C@H](c2nc(N(C)C)ncc2-c2cncnc2)C1. The van der Waals surface area contributed by atoms with Gasteiger partial charge in [-0.25, -0.2) is 19.9 Å². The predicted molar refractivity (Wildman–Crippen MR) is 123 cm³/mol. The van der Waals surface area contributed by atoms with Crippen LogP contribution in [0.25, 0.3) is 17.2 Å². The molecule has 4 rings (SSSR count). The Morgan fingerprint density at radius 2 is 1.94 bits per heavy atom. The second kappa shape index (κ2) is 9.76. The van der Waals surface area contributed by atoms with E-state index in [4.69, 9.17) is 9.72 Å². The van der Waals surface area contributed by atoms with Gasteiger partial charge in [-0.05, 0) is 12.5 Å². The molecule has 1 aromatic carbocycles. The molecule has 7 nitrogen and oxygen atoms in total. The largest absolute Gasteiger partial charge is 0.369 e. The number of ether oxygens (including phenoxy) is 1. The van der Waals surface area contributed by atoms with Crippen LogP contribution in [-0.4, -0.2) is 65.2 Å². The summed E-state index contributed by atoms with van der Waals surface area (Å²) in [5.41, 5.74) is 5.23. The first-order chi connectivity index (χ1) is 15.1. The molecule has 160 valence electrons. The van der Waals surface area contributed by atoms with E-state index in [1.54, 1.807) is 12.4 Å². The van der Waals surface area contributed by atoms with Crippen LogP contribution in [0.5, 0.6) is 0 Å². The lowest BCUT2D eigenvalue weighted by atomic mass is 10.0. The van der Waals surface area contributed by atoms with Crippen LogP contribution >= 0.6 is 0 Å². The van der Waals surface area contributed by atoms with Crippen molar-refractivity contribution >= 4 is 12.0 Å². The summed E-state index contributed by atoms with van der Waals surface area (Å²) in [6.07, 6.45) is 9.05. The van der Waals surface area contributed by atoms with Gasteiger partial charge in [0.05, 0.1) is 12.3 Å². The summed E-state index contributed by atoms with van der Waals surface area (Å²) >= 11 is 0. The van der Waals surface area contributed by atoms with Crippen molar-refractivity contribution in [2.45, 2.75) is 13.0 Å². The maximum Gasteiger partial charge on any atom is 0.225 e. The van der Waals surface area contributed by atoms with Crippen LogP contribution in [0.2, 0.25) is 0 Å². The summed E-state index contributed by atoms with van der Waals surface area (Å²) < 4.78 is 6.18. The van der Waals surface area contributed by atoms with Crippen LogP contribution in [-0.2, 0) is 4.74 Å². The fraction of sp³-hybridized carbons (Fsp3) is 0.333. The zero-order valence-electron chi connectivity index (χ0n) is 18.3. The molecule has 2 aromatic heterocycles. The number of aromatic nitrogens is 4. The predicted octanol–water partition coefficient (Wildman–Crippen LogP) is 3.48. The normalized spacial score (nSPS) is 17.5. The lowest BCUT2D eigenvalue weighted by molar-refractivity contribution is -0.0285. The average molecular weight is 417 g/mol. The zero-order valence-corrected chi connectivity index (χ0v) is 18.3. The van der Waals surface area contributed by atoms with Crippen LogP contribution in [0.1, 0.15) is 24.3 Å². The van der Waals surface area contributed by atoms with E-state index < -0.39 is 0 Å². The summed E-state index contributed by atoms with van der Waals surface area (Å²) in [4.78, 5) is 22.0. The highest BCUT2D eigenvalue weighted by Crippen LogP contribution is 2.31. The molecule has 1 fully saturated rings. The summed E-state index contributed by atoms with van der Waals surface area (Å²) in [5.74, 6) is 0.663. The first kappa shape index (κ1) is 21.1. The van der Waals surface area contributed by atoms with E-state index in [1.165, 1.54) is 17.5 Å². The molecular formula is C24H28N6O. The second-order valence-corrected chi connectivity index (χ2v) is 7.99. The van der Waals surface area contributed by atoms with Crippen molar-refractivity contribution in [1.82, 2.24) is 24.8 Å². The van der Waals surface area contributed by atoms with E-state index >= 15 is 0 Å². The summed E-state index contributed by atoms with van der Waals surface area (Å²) in [6, 6.07) is 10.4. The summed E-state index contributed by atoms with van der Waals surface area (Å²) in [6.45, 7) is 5.40. The van der Waals surface area contributed by atoms with Gasteiger partial charge < -0.3 is 9.64 Å². The molecule has 7 heteroatoms. The van der Waals surface area contributed by atoms with Gasteiger partial charge in [-0.15, -0.1) is 0 Å². The topological polar surface area (TPSA) is 67.3 Å². The number of anilines is 1. The molecule has 0 aliphatic carbocycles. The Kier molecular flexibility index (Phi) is 6.64. The lowest BCUT2D eigenvalue weighted by Crippen LogP contribution is -2.39. The minimum absolute atomic E-state index is 0.143. The van der Waals surface area contributed by atoms with Gasteiger partial charge in [0, 0.05) is 63.4 Å². The second-order valence-electron chi connectivity index (χ2n) is 7.99. The molecule has 0 radical (unpaired) electrons. The fourth-order valence-corrected chi connectivity index (χ4v) is 3.75. The number of benzene rings is 1. The molecule has 1 saturated heterocycles. The monoisotopic (exact) mass is 416 g/mol. The van der Waals surface area contributed by atoms with Gasteiger partial charge in [0.15, 0.2) is 0 Å². The van der Waals surface area contributed by atoms with Gasteiger partial charge in [-0.1, -0.05) is 42.0 Å². The van der Waals surface area contributed by atoms with Crippen molar-refractivity contribution in [2.24, 2.45) is 0 Å². The highest BCUT2D eigenvalue weighted by atomic mass is 16.5. The van der Waals surface area contributed by atoms with Gasteiger partial charge >= 0.3 is 0 Å². The molecular weight excluding hydrogens is 388 g/mol. The van der Waals surface area contributed by atoms with E-state index in [0.717, 1.165) is 36.5 Å². The Bertz CT molecular complexity index is 1020. The maximum atomic E-state index is 6.18. The summed E-state index contributed by atoms with van der Waals surface area (Å²) in [5, 5.41) is 0. The molecule has 0 spiro atoms. The molecule has 0 bridgehead atoms. The Hall–Kier alpha value is -3.16. The molecule has 31 heavy (non-hydrogen) atoms. The minimum Gasteiger partial charge on any atom is -0.369 e. The number of morpholine rings is 1. The highest BCUT2D eigenvalue weighted by molar-refractivity contribution is 5.64. The Balaban J connectivity index is 1.57. The van der Waals surface area contributed by atoms with Gasteiger partial charge in [-0.3, -0.25) is 4.90 Å². The van der Waals surface area contributed by atoms with Crippen LogP contribution in [0, 0.1) is 0 Å². The van der Waals surface area contributed by atoms with Crippen molar-refractivity contribution in [3.05, 3.63) is 72.1 Å². The van der Waals surface area contributed by atoms with Crippen LogP contribution < -0.4 is 4.90 Å². The zero-order chi connectivity index (χ0) is 21.6. The third kappa shape index (κ3) is 5.31. The number of rotatable bonds is 6. The van der Waals surface area contributed by atoms with E-state index in [0.29, 0.717) is 12.6 Å². The molecule has 0 unspecified atom stereocenters. The molecule has 3 aromatic rings. The third-order valence-electron chi connectivity index (χ3n) is 5.22. The Morgan fingerprint density at radius 1 is 1.16 bits per heavy atom. The first-order valence-corrected chi connectivity index (χ1v) is 10.5. The fourth-order valence-electron chi connectivity index (χ4n) is 3.75. The van der Waals surface area contributed by atoms with Crippen molar-refractivity contribution in [3.8, 4) is 11.1 Å². The number of hydrogen-bond donors (Lipinski definition) is 0. The maximum absolute atomic E-state index is 6.18. The molecule has 0 saturated carbocycles. The highest BCUT2D eigenvalue weighted by Gasteiger charge is 2.27. The van der Waals surface area contributed by atoms with Crippen LogP contribution in [0.15, 0.2) is 60.8 Å². The van der Waals surface area contributed by atoms with Crippen molar-refractivity contribution in [2.75, 3.05) is 45.2 Å². The van der Waals surface area contributed by atoms with Crippen LogP contribution in [0.3, 0.4) is 0 Å². The van der Waals surface area contributed by atoms with Crippen molar-refractivity contribution < 1.29 is 4.74 Å². The minimum atomic E-state index is -0.143. The smallest absolute Gasteiger partial charge is 0.225 e. The third-order valence-corrected chi connectivity index (χ3v) is 5.22. The molecule has 3 heterocycles. The van der Waals surface area contributed by atoms with Crippen molar-refractivity contribution in [1.29, 1.82) is 0 Å². The van der Waals surface area contributed by atoms with Gasteiger partial charge in [-0.2, -0.15) is 0 Å². The summed E-state index contributed by atoms with van der Waals surface area (Å²) in [7, 11) is 3.88. The standard InChI is InChI=1S/C24H28N6O/c1-18(11-19-7-5-4-6-8-19)15-30-9-10-31-22(16-30)23-21(20-12-25-17-26-13-20)14-27-24(28-23)29(2)3/h4-8,11-14,17,22H,9-10,15-16H2,1-3H3/b18-11+/t22-/m0/s1. The molecule has 0 N–H and O–H groups in total. The Labute approximate surface area is 183 Å². The van der Waals surface area contributed by atoms with Crippen LogP contribution in [0.4, 0.5) is 5.95 Å². The molecule has 1 aliphatic heterocycles. The quantitative estimate of drug-likeness (QED) is 0.609. The Morgan fingerprint density at radius 3 is 2.68 bits per heavy atom. The number of nitrogens with zero attached hydrogens (tertiary/aromatic N) is 6. The van der Waals surface area contributed by atoms with Gasteiger partial charge in [0.25, 0.3) is 0 Å².